The first-order chi connectivity index (χ1) is 9.71. The van der Waals surface area contributed by atoms with Gasteiger partial charge in [-0.05, 0) is 18.2 Å². The van der Waals surface area contributed by atoms with Crippen LogP contribution in [0.5, 0.6) is 0 Å². The van der Waals surface area contributed by atoms with Crippen molar-refractivity contribution in [3.63, 3.8) is 0 Å². The molecule has 0 spiro atoms. The van der Waals surface area contributed by atoms with Crippen LogP contribution in [0.15, 0.2) is 34.7 Å². The molecule has 21 heavy (non-hydrogen) atoms. The van der Waals surface area contributed by atoms with Crippen molar-refractivity contribution < 1.29 is 37.0 Å². The highest BCUT2D eigenvalue weighted by molar-refractivity contribution is 5.84. The van der Waals surface area contributed by atoms with Gasteiger partial charge in [-0.1, -0.05) is 12.1 Å². The summed E-state index contributed by atoms with van der Waals surface area (Å²) in [4.78, 5) is 10.6. The smallest absolute Gasteiger partial charge is 0.419 e. The van der Waals surface area contributed by atoms with Crippen LogP contribution in [-0.4, -0.2) is 16.2 Å². The topological polar surface area (TPSA) is 70.7 Å². The van der Waals surface area contributed by atoms with Crippen LogP contribution in [0, 0.1) is 5.82 Å². The molecule has 1 unspecified atom stereocenters. The number of aromatic carboxylic acids is 1. The van der Waals surface area contributed by atoms with E-state index < -0.39 is 41.0 Å². The van der Waals surface area contributed by atoms with E-state index in [1.54, 1.807) is 0 Å². The van der Waals surface area contributed by atoms with E-state index in [1.807, 2.05) is 0 Å². The van der Waals surface area contributed by atoms with Crippen LogP contribution in [-0.2, 0) is 6.18 Å². The lowest BCUT2D eigenvalue weighted by atomic mass is 10.0. The average Bonchev–Trinajstić information content (AvgIpc) is 2.86. The summed E-state index contributed by atoms with van der Waals surface area (Å²) in [6, 6.07) is 4.49. The third kappa shape index (κ3) is 2.89. The summed E-state index contributed by atoms with van der Waals surface area (Å²) in [6.45, 7) is 0. The molecular formula is C13H8F4O4. The number of carboxylic acid groups (broad SMARTS) is 1. The van der Waals surface area contributed by atoms with Crippen LogP contribution >= 0.6 is 0 Å². The van der Waals surface area contributed by atoms with Gasteiger partial charge in [-0.25, -0.2) is 9.18 Å². The summed E-state index contributed by atoms with van der Waals surface area (Å²) in [5.41, 5.74) is -2.18. The normalized spacial score (nSPS) is 13.2. The standard InChI is InChI=1S/C13H8F4O4/c14-10-6(2-1-3-7(10)13(15,16)17)11(18)8-4-5-9(21-8)12(19)20/h1-5,11,18H,(H,19,20). The Morgan fingerprint density at radius 2 is 1.86 bits per heavy atom. The molecule has 0 fully saturated rings. The predicted molar refractivity (Wildman–Crippen MR) is 61.1 cm³/mol. The monoisotopic (exact) mass is 304 g/mol. The third-order valence-corrected chi connectivity index (χ3v) is 2.74. The van der Waals surface area contributed by atoms with Crippen molar-refractivity contribution in [2.24, 2.45) is 0 Å². The minimum Gasteiger partial charge on any atom is -0.475 e. The summed E-state index contributed by atoms with van der Waals surface area (Å²) in [7, 11) is 0. The van der Waals surface area contributed by atoms with Gasteiger partial charge in [0.05, 0.1) is 5.56 Å². The van der Waals surface area contributed by atoms with Crippen LogP contribution in [0.2, 0.25) is 0 Å². The van der Waals surface area contributed by atoms with Crippen molar-refractivity contribution in [1.82, 2.24) is 0 Å². The van der Waals surface area contributed by atoms with Crippen molar-refractivity contribution in [3.05, 3.63) is 58.8 Å². The van der Waals surface area contributed by atoms with Crippen molar-refractivity contribution in [1.29, 1.82) is 0 Å². The average molecular weight is 304 g/mol. The highest BCUT2D eigenvalue weighted by Gasteiger charge is 2.36. The Morgan fingerprint density at radius 1 is 1.19 bits per heavy atom. The molecule has 0 aliphatic rings. The molecule has 0 saturated carbocycles. The molecule has 1 atom stereocenters. The largest absolute Gasteiger partial charge is 0.475 e. The van der Waals surface area contributed by atoms with Crippen LogP contribution in [0.4, 0.5) is 17.6 Å². The van der Waals surface area contributed by atoms with Gasteiger partial charge in [-0.3, -0.25) is 0 Å². The molecule has 0 saturated heterocycles. The van der Waals surface area contributed by atoms with Gasteiger partial charge < -0.3 is 14.6 Å². The zero-order chi connectivity index (χ0) is 15.8. The maximum atomic E-state index is 13.8. The number of carboxylic acids is 1. The molecule has 8 heteroatoms. The fourth-order valence-corrected chi connectivity index (χ4v) is 1.75. The highest BCUT2D eigenvalue weighted by atomic mass is 19.4. The first kappa shape index (κ1) is 15.0. The number of halogens is 4. The molecule has 2 aromatic rings. The van der Waals surface area contributed by atoms with E-state index in [2.05, 4.69) is 0 Å². The number of rotatable bonds is 3. The first-order valence-electron chi connectivity index (χ1n) is 5.58. The molecular weight excluding hydrogens is 296 g/mol. The molecule has 0 amide bonds. The molecule has 2 N–H and O–H groups in total. The molecule has 2 rings (SSSR count). The number of furan rings is 1. The first-order valence-corrected chi connectivity index (χ1v) is 5.58. The molecule has 112 valence electrons. The van der Waals surface area contributed by atoms with E-state index in [1.165, 1.54) is 0 Å². The van der Waals surface area contributed by atoms with Crippen LogP contribution in [0.1, 0.15) is 33.5 Å². The molecule has 1 aromatic carbocycles. The third-order valence-electron chi connectivity index (χ3n) is 2.74. The fraction of sp³-hybridized carbons (Fsp3) is 0.154. The van der Waals surface area contributed by atoms with Gasteiger partial charge in [0, 0.05) is 5.56 Å². The Hall–Kier alpha value is -2.35. The lowest BCUT2D eigenvalue weighted by molar-refractivity contribution is -0.140. The maximum Gasteiger partial charge on any atom is 0.419 e. The molecule has 1 aromatic heterocycles. The number of benzene rings is 1. The fourth-order valence-electron chi connectivity index (χ4n) is 1.75. The van der Waals surface area contributed by atoms with Crippen molar-refractivity contribution in [3.8, 4) is 0 Å². The lowest BCUT2D eigenvalue weighted by Crippen LogP contribution is -2.12. The predicted octanol–water partition coefficient (Wildman–Crippen LogP) is 3.22. The van der Waals surface area contributed by atoms with Crippen LogP contribution in [0.25, 0.3) is 0 Å². The summed E-state index contributed by atoms with van der Waals surface area (Å²) in [6.07, 6.45) is -6.75. The maximum absolute atomic E-state index is 13.8. The van der Waals surface area contributed by atoms with Crippen LogP contribution in [0.3, 0.4) is 0 Å². The van der Waals surface area contributed by atoms with Crippen molar-refractivity contribution >= 4 is 5.97 Å². The van der Waals surface area contributed by atoms with E-state index in [9.17, 15) is 27.5 Å². The zero-order valence-electron chi connectivity index (χ0n) is 10.2. The molecule has 0 aliphatic carbocycles. The number of aliphatic hydroxyl groups is 1. The van der Waals surface area contributed by atoms with Gasteiger partial charge in [-0.15, -0.1) is 0 Å². The summed E-state index contributed by atoms with van der Waals surface area (Å²) in [5.74, 6) is -3.94. The van der Waals surface area contributed by atoms with Gasteiger partial charge in [0.2, 0.25) is 5.76 Å². The number of alkyl halides is 3. The van der Waals surface area contributed by atoms with Gasteiger partial charge in [0.1, 0.15) is 17.7 Å². The van der Waals surface area contributed by atoms with E-state index in [0.29, 0.717) is 6.07 Å². The Morgan fingerprint density at radius 3 is 2.38 bits per heavy atom. The van der Waals surface area contributed by atoms with Gasteiger partial charge in [-0.2, -0.15) is 13.2 Å². The Bertz CT molecular complexity index is 675. The molecule has 1 heterocycles. The second kappa shape index (κ2) is 5.21. The van der Waals surface area contributed by atoms with Crippen molar-refractivity contribution in [2.75, 3.05) is 0 Å². The second-order valence-electron chi connectivity index (χ2n) is 4.12. The molecule has 0 aliphatic heterocycles. The number of aliphatic hydroxyl groups excluding tert-OH is 1. The molecule has 0 bridgehead atoms. The van der Waals surface area contributed by atoms with Crippen LogP contribution < -0.4 is 0 Å². The molecule has 0 radical (unpaired) electrons. The lowest BCUT2D eigenvalue weighted by Gasteiger charge is -2.14. The summed E-state index contributed by atoms with van der Waals surface area (Å²) in [5, 5.41) is 18.5. The number of hydrogen-bond acceptors (Lipinski definition) is 3. The highest BCUT2D eigenvalue weighted by Crippen LogP contribution is 2.35. The summed E-state index contributed by atoms with van der Waals surface area (Å²) < 4.78 is 56.3. The quantitative estimate of drug-likeness (QED) is 0.854. The van der Waals surface area contributed by atoms with E-state index in [0.717, 1.165) is 24.3 Å². The minimum atomic E-state index is -4.91. The number of hydrogen-bond donors (Lipinski definition) is 2. The Kier molecular flexibility index (Phi) is 3.73. The van der Waals surface area contributed by atoms with E-state index in [4.69, 9.17) is 9.52 Å². The molecule has 4 nitrogen and oxygen atoms in total. The van der Waals surface area contributed by atoms with E-state index in [-0.39, 0.29) is 5.76 Å². The van der Waals surface area contributed by atoms with E-state index >= 15 is 0 Å². The Balaban J connectivity index is 2.43. The Labute approximate surface area is 115 Å². The minimum absolute atomic E-state index is 0.370. The van der Waals surface area contributed by atoms with Gasteiger partial charge in [0.15, 0.2) is 0 Å². The second-order valence-corrected chi connectivity index (χ2v) is 4.12. The van der Waals surface area contributed by atoms with Crippen molar-refractivity contribution in [2.45, 2.75) is 12.3 Å². The SMILES string of the molecule is O=C(O)c1ccc(C(O)c2cccc(C(F)(F)F)c2F)o1. The van der Waals surface area contributed by atoms with Gasteiger partial charge in [0.25, 0.3) is 0 Å². The number of carbonyl (C=O) groups is 1. The zero-order valence-corrected chi connectivity index (χ0v) is 10.2. The van der Waals surface area contributed by atoms with Gasteiger partial charge >= 0.3 is 12.1 Å². The summed E-state index contributed by atoms with van der Waals surface area (Å²) >= 11 is 0.